The van der Waals surface area contributed by atoms with Gasteiger partial charge in [-0.2, -0.15) is 0 Å². The fourth-order valence-corrected chi connectivity index (χ4v) is 3.80. The van der Waals surface area contributed by atoms with E-state index in [0.717, 1.165) is 18.7 Å². The van der Waals surface area contributed by atoms with Gasteiger partial charge in [-0.15, -0.1) is 11.8 Å². The lowest BCUT2D eigenvalue weighted by Gasteiger charge is -2.39. The third kappa shape index (κ3) is 3.59. The van der Waals surface area contributed by atoms with Crippen molar-refractivity contribution in [3.05, 3.63) is 52.5 Å². The molecule has 0 N–H and O–H groups in total. The van der Waals surface area contributed by atoms with Crippen LogP contribution in [0.15, 0.2) is 36.9 Å². The minimum Gasteiger partial charge on any atom is -0.338 e. The Kier molecular flexibility index (Phi) is 4.96. The molecule has 1 aliphatic heterocycles. The van der Waals surface area contributed by atoms with Gasteiger partial charge in [0.25, 0.3) is 0 Å². The lowest BCUT2D eigenvalue weighted by atomic mass is 10.1. The van der Waals surface area contributed by atoms with Gasteiger partial charge in [0.1, 0.15) is 0 Å². The summed E-state index contributed by atoms with van der Waals surface area (Å²) in [6, 6.07) is 5.81. The summed E-state index contributed by atoms with van der Waals surface area (Å²) < 4.78 is 2.05. The number of hydrogen-bond acceptors (Lipinski definition) is 3. The molecule has 0 aliphatic carbocycles. The highest BCUT2D eigenvalue weighted by molar-refractivity contribution is 7.99. The minimum absolute atomic E-state index is 0.173. The van der Waals surface area contributed by atoms with Crippen LogP contribution in [0.2, 0.25) is 10.0 Å². The number of hydrogen-bond donors (Lipinski definition) is 0. The summed E-state index contributed by atoms with van der Waals surface area (Å²) in [5.74, 6) is 1.35. The zero-order valence-corrected chi connectivity index (χ0v) is 14.1. The van der Waals surface area contributed by atoms with Crippen molar-refractivity contribution >= 4 is 40.9 Å². The standard InChI is InChI=1S/C15H15Cl2N3OS/c16-12-2-1-11(14(17)5-12)8-22-9-15(21)20-6-13(7-20)19-4-3-18-10-19/h1-5,10,13H,6-9H2. The van der Waals surface area contributed by atoms with E-state index in [4.69, 9.17) is 23.2 Å². The highest BCUT2D eigenvalue weighted by atomic mass is 35.5. The van der Waals surface area contributed by atoms with Crippen molar-refractivity contribution in [2.75, 3.05) is 18.8 Å². The Morgan fingerprint density at radius 3 is 2.86 bits per heavy atom. The number of aromatic nitrogens is 2. The van der Waals surface area contributed by atoms with Crippen LogP contribution in [0.25, 0.3) is 0 Å². The van der Waals surface area contributed by atoms with E-state index in [-0.39, 0.29) is 5.91 Å². The quantitative estimate of drug-likeness (QED) is 0.823. The summed E-state index contributed by atoms with van der Waals surface area (Å²) in [6.45, 7) is 1.52. The highest BCUT2D eigenvalue weighted by Gasteiger charge is 2.31. The van der Waals surface area contributed by atoms with Crippen LogP contribution in [0.5, 0.6) is 0 Å². The summed E-state index contributed by atoms with van der Waals surface area (Å²) in [5, 5.41) is 1.28. The predicted octanol–water partition coefficient (Wildman–Crippen LogP) is 3.51. The first-order valence-corrected chi connectivity index (χ1v) is 8.81. The number of halogens is 2. The van der Waals surface area contributed by atoms with E-state index in [1.54, 1.807) is 30.4 Å². The van der Waals surface area contributed by atoms with Crippen LogP contribution in [-0.2, 0) is 10.5 Å². The molecule has 1 aromatic heterocycles. The van der Waals surface area contributed by atoms with E-state index in [0.29, 0.717) is 27.6 Å². The molecule has 2 aromatic rings. The number of nitrogens with zero attached hydrogens (tertiary/aromatic N) is 3. The number of rotatable bonds is 5. The number of thioether (sulfide) groups is 1. The van der Waals surface area contributed by atoms with E-state index in [2.05, 4.69) is 4.98 Å². The van der Waals surface area contributed by atoms with E-state index in [9.17, 15) is 4.79 Å². The largest absolute Gasteiger partial charge is 0.338 e. The zero-order valence-electron chi connectivity index (χ0n) is 11.8. The summed E-state index contributed by atoms with van der Waals surface area (Å²) in [6.07, 6.45) is 5.49. The summed E-state index contributed by atoms with van der Waals surface area (Å²) in [5.41, 5.74) is 1.00. The molecule has 1 amide bonds. The van der Waals surface area contributed by atoms with Gasteiger partial charge in [-0.25, -0.2) is 4.98 Å². The van der Waals surface area contributed by atoms with Crippen molar-refractivity contribution in [2.45, 2.75) is 11.8 Å². The topological polar surface area (TPSA) is 38.1 Å². The summed E-state index contributed by atoms with van der Waals surface area (Å²) in [4.78, 5) is 18.0. The average molecular weight is 356 g/mol. The van der Waals surface area contributed by atoms with Crippen LogP contribution < -0.4 is 0 Å². The normalized spacial score (nSPS) is 14.9. The third-order valence-corrected chi connectivity index (χ3v) is 5.21. The molecule has 1 aromatic carbocycles. The van der Waals surface area contributed by atoms with Crippen LogP contribution in [0, 0.1) is 0 Å². The molecule has 1 aliphatic rings. The predicted molar refractivity (Wildman–Crippen MR) is 90.5 cm³/mol. The van der Waals surface area contributed by atoms with E-state index in [1.165, 1.54) is 0 Å². The summed E-state index contributed by atoms with van der Waals surface area (Å²) >= 11 is 13.6. The van der Waals surface area contributed by atoms with Crippen molar-refractivity contribution in [1.82, 2.24) is 14.5 Å². The van der Waals surface area contributed by atoms with E-state index >= 15 is 0 Å². The monoisotopic (exact) mass is 355 g/mol. The van der Waals surface area contributed by atoms with Gasteiger partial charge in [-0.1, -0.05) is 29.3 Å². The SMILES string of the molecule is O=C(CSCc1ccc(Cl)cc1Cl)N1CC(n2ccnc2)C1. The molecule has 0 radical (unpaired) electrons. The number of carbonyl (C=O) groups excluding carboxylic acids is 1. The molecule has 1 fully saturated rings. The smallest absolute Gasteiger partial charge is 0.232 e. The van der Waals surface area contributed by atoms with Crippen LogP contribution in [-0.4, -0.2) is 39.2 Å². The Balaban J connectivity index is 1.42. The van der Waals surface area contributed by atoms with Crippen LogP contribution in [0.4, 0.5) is 0 Å². The Morgan fingerprint density at radius 1 is 1.36 bits per heavy atom. The van der Waals surface area contributed by atoms with Crippen LogP contribution in [0.1, 0.15) is 11.6 Å². The number of amides is 1. The molecule has 116 valence electrons. The van der Waals surface area contributed by atoms with Gasteiger partial charge < -0.3 is 9.47 Å². The molecule has 2 heterocycles. The lowest BCUT2D eigenvalue weighted by Crippen LogP contribution is -2.51. The van der Waals surface area contributed by atoms with Crippen molar-refractivity contribution in [2.24, 2.45) is 0 Å². The molecule has 0 spiro atoms. The molecule has 7 heteroatoms. The maximum Gasteiger partial charge on any atom is 0.232 e. The van der Waals surface area contributed by atoms with Crippen LogP contribution in [0.3, 0.4) is 0 Å². The second-order valence-electron chi connectivity index (χ2n) is 5.19. The average Bonchev–Trinajstić information content (AvgIpc) is 2.93. The Morgan fingerprint density at radius 2 is 2.18 bits per heavy atom. The second kappa shape index (κ2) is 6.94. The van der Waals surface area contributed by atoms with Gasteiger partial charge in [0.05, 0.1) is 18.1 Å². The first-order valence-electron chi connectivity index (χ1n) is 6.90. The van der Waals surface area contributed by atoms with Crippen LogP contribution >= 0.6 is 35.0 Å². The van der Waals surface area contributed by atoms with Gasteiger partial charge in [-0.05, 0) is 17.7 Å². The second-order valence-corrected chi connectivity index (χ2v) is 7.02. The number of carbonyl (C=O) groups is 1. The van der Waals surface area contributed by atoms with Crippen molar-refractivity contribution in [3.8, 4) is 0 Å². The molecule has 0 unspecified atom stereocenters. The van der Waals surface area contributed by atoms with Gasteiger partial charge in [0, 0.05) is 41.3 Å². The van der Waals surface area contributed by atoms with Crippen molar-refractivity contribution in [1.29, 1.82) is 0 Å². The molecule has 3 rings (SSSR count). The Labute approximate surface area is 143 Å². The molecule has 4 nitrogen and oxygen atoms in total. The Bertz CT molecular complexity index is 657. The molecular formula is C15H15Cl2N3OS. The highest BCUT2D eigenvalue weighted by Crippen LogP contribution is 2.26. The molecule has 22 heavy (non-hydrogen) atoms. The lowest BCUT2D eigenvalue weighted by molar-refractivity contribution is -0.133. The van der Waals surface area contributed by atoms with Crippen molar-refractivity contribution in [3.63, 3.8) is 0 Å². The first kappa shape index (κ1) is 15.7. The molecule has 0 bridgehead atoms. The number of likely N-dealkylation sites (tertiary alicyclic amines) is 1. The fraction of sp³-hybridized carbons (Fsp3) is 0.333. The maximum absolute atomic E-state index is 12.1. The van der Waals surface area contributed by atoms with Crippen molar-refractivity contribution < 1.29 is 4.79 Å². The fourth-order valence-electron chi connectivity index (χ4n) is 2.31. The third-order valence-electron chi connectivity index (χ3n) is 3.66. The van der Waals surface area contributed by atoms with Gasteiger partial charge in [0.2, 0.25) is 5.91 Å². The summed E-state index contributed by atoms with van der Waals surface area (Å²) in [7, 11) is 0. The minimum atomic E-state index is 0.173. The Hall–Kier alpha value is -1.17. The molecule has 0 saturated carbocycles. The number of imidazole rings is 1. The maximum atomic E-state index is 12.1. The molecule has 1 saturated heterocycles. The number of benzene rings is 1. The first-order chi connectivity index (χ1) is 10.6. The van der Waals surface area contributed by atoms with E-state index in [1.807, 2.05) is 27.8 Å². The van der Waals surface area contributed by atoms with E-state index < -0.39 is 0 Å². The van der Waals surface area contributed by atoms with Gasteiger partial charge >= 0.3 is 0 Å². The molecule has 0 atom stereocenters. The van der Waals surface area contributed by atoms with Gasteiger partial charge in [0.15, 0.2) is 0 Å². The molecular weight excluding hydrogens is 341 g/mol. The zero-order chi connectivity index (χ0) is 15.5. The van der Waals surface area contributed by atoms with Gasteiger partial charge in [-0.3, -0.25) is 4.79 Å².